The number of anilines is 2. The van der Waals surface area contributed by atoms with E-state index in [4.69, 9.17) is 0 Å². The topological polar surface area (TPSA) is 75.3 Å². The van der Waals surface area contributed by atoms with Crippen LogP contribution in [-0.2, 0) is 10.0 Å². The van der Waals surface area contributed by atoms with E-state index in [1.165, 1.54) is 12.1 Å². The highest BCUT2D eigenvalue weighted by atomic mass is 32.2. The highest BCUT2D eigenvalue weighted by Crippen LogP contribution is 2.24. The van der Waals surface area contributed by atoms with Gasteiger partial charge in [-0.3, -0.25) is 9.52 Å². The van der Waals surface area contributed by atoms with Crippen LogP contribution in [-0.4, -0.2) is 14.3 Å². The highest BCUT2D eigenvalue weighted by molar-refractivity contribution is 7.92. The van der Waals surface area contributed by atoms with Crippen molar-refractivity contribution in [2.24, 2.45) is 0 Å². The number of carbonyl (C=O) groups excluding carboxylic acids is 1. The van der Waals surface area contributed by atoms with Crippen molar-refractivity contribution in [3.05, 3.63) is 89.5 Å². The van der Waals surface area contributed by atoms with Crippen LogP contribution in [0.4, 0.5) is 11.4 Å². The molecule has 2 N–H and O–H groups in total. The Morgan fingerprint density at radius 3 is 2.30 bits per heavy atom. The van der Waals surface area contributed by atoms with E-state index in [9.17, 15) is 13.2 Å². The first-order chi connectivity index (χ1) is 12.8. The van der Waals surface area contributed by atoms with Gasteiger partial charge < -0.3 is 5.32 Å². The summed E-state index contributed by atoms with van der Waals surface area (Å²) in [5.41, 5.74) is 3.21. The summed E-state index contributed by atoms with van der Waals surface area (Å²) in [4.78, 5) is 12.6. The van der Waals surface area contributed by atoms with Crippen LogP contribution < -0.4 is 10.0 Å². The minimum Gasteiger partial charge on any atom is -0.322 e. The molecule has 3 rings (SSSR count). The van der Waals surface area contributed by atoms with Gasteiger partial charge in [0.15, 0.2) is 0 Å². The third-order valence-electron chi connectivity index (χ3n) is 4.07. The van der Waals surface area contributed by atoms with Crippen LogP contribution in [0, 0.1) is 13.8 Å². The van der Waals surface area contributed by atoms with Crippen molar-refractivity contribution in [3.63, 3.8) is 0 Å². The number of hydrogen-bond acceptors (Lipinski definition) is 3. The maximum Gasteiger partial charge on any atom is 0.261 e. The fraction of sp³-hybridized carbons (Fsp3) is 0.0952. The Hall–Kier alpha value is -3.12. The maximum atomic E-state index is 12.5. The lowest BCUT2D eigenvalue weighted by Gasteiger charge is -2.13. The van der Waals surface area contributed by atoms with Gasteiger partial charge in [-0.1, -0.05) is 42.0 Å². The Morgan fingerprint density at radius 2 is 1.59 bits per heavy atom. The summed E-state index contributed by atoms with van der Waals surface area (Å²) in [5, 5.41) is 2.80. The molecule has 0 saturated heterocycles. The quantitative estimate of drug-likeness (QED) is 0.691. The molecule has 3 aromatic rings. The Bertz CT molecular complexity index is 1080. The van der Waals surface area contributed by atoms with E-state index in [1.54, 1.807) is 55.5 Å². The Labute approximate surface area is 159 Å². The van der Waals surface area contributed by atoms with E-state index in [1.807, 2.05) is 19.1 Å². The van der Waals surface area contributed by atoms with E-state index in [0.717, 1.165) is 11.1 Å². The second-order valence-corrected chi connectivity index (χ2v) is 7.95. The van der Waals surface area contributed by atoms with Gasteiger partial charge in [-0.05, 0) is 55.8 Å². The zero-order chi connectivity index (χ0) is 19.4. The van der Waals surface area contributed by atoms with E-state index in [-0.39, 0.29) is 10.8 Å². The minimum absolute atomic E-state index is 0.179. The van der Waals surface area contributed by atoms with Crippen LogP contribution in [0.1, 0.15) is 21.5 Å². The normalized spacial score (nSPS) is 11.0. The van der Waals surface area contributed by atoms with Gasteiger partial charge in [0, 0.05) is 11.3 Å². The summed E-state index contributed by atoms with van der Waals surface area (Å²) in [6.45, 7) is 3.72. The molecule has 1 amide bonds. The molecule has 0 aliphatic heterocycles. The van der Waals surface area contributed by atoms with Crippen molar-refractivity contribution < 1.29 is 13.2 Å². The van der Waals surface area contributed by atoms with E-state index < -0.39 is 10.0 Å². The van der Waals surface area contributed by atoms with Crippen LogP contribution in [0.25, 0.3) is 0 Å². The molecule has 6 heteroatoms. The van der Waals surface area contributed by atoms with Gasteiger partial charge in [0.25, 0.3) is 15.9 Å². The molecule has 0 bridgehead atoms. The number of aryl methyl sites for hydroxylation is 2. The number of sulfonamides is 1. The zero-order valence-corrected chi connectivity index (χ0v) is 15.9. The second kappa shape index (κ2) is 7.63. The van der Waals surface area contributed by atoms with Crippen LogP contribution >= 0.6 is 0 Å². The first-order valence-electron chi connectivity index (χ1n) is 8.42. The average molecular weight is 380 g/mol. The van der Waals surface area contributed by atoms with Crippen LogP contribution in [0.5, 0.6) is 0 Å². The van der Waals surface area contributed by atoms with Gasteiger partial charge in [0.1, 0.15) is 0 Å². The first kappa shape index (κ1) is 18.7. The van der Waals surface area contributed by atoms with E-state index in [0.29, 0.717) is 16.9 Å². The number of amides is 1. The summed E-state index contributed by atoms with van der Waals surface area (Å²) >= 11 is 0. The Morgan fingerprint density at radius 1 is 0.852 bits per heavy atom. The summed E-state index contributed by atoms with van der Waals surface area (Å²) in [6.07, 6.45) is 0. The largest absolute Gasteiger partial charge is 0.322 e. The molecular weight excluding hydrogens is 360 g/mol. The van der Waals surface area contributed by atoms with Crippen molar-refractivity contribution >= 4 is 27.3 Å². The molecule has 0 atom stereocenters. The van der Waals surface area contributed by atoms with Crippen LogP contribution in [0.15, 0.2) is 77.7 Å². The standard InChI is InChI=1S/C21H20N2O3S/c1-15-7-6-8-17(13-15)21(24)22-18-12-11-16(2)20(14-18)23-27(25,26)19-9-4-3-5-10-19/h3-14,23H,1-2H3,(H,22,24). The summed E-state index contributed by atoms with van der Waals surface area (Å²) in [5.74, 6) is -0.251. The number of rotatable bonds is 5. The molecule has 0 aliphatic carbocycles. The molecule has 27 heavy (non-hydrogen) atoms. The van der Waals surface area contributed by atoms with Crippen molar-refractivity contribution in [3.8, 4) is 0 Å². The van der Waals surface area contributed by atoms with E-state index >= 15 is 0 Å². The van der Waals surface area contributed by atoms with Gasteiger partial charge >= 0.3 is 0 Å². The Kier molecular flexibility index (Phi) is 5.28. The van der Waals surface area contributed by atoms with Crippen LogP contribution in [0.3, 0.4) is 0 Å². The lowest BCUT2D eigenvalue weighted by atomic mass is 10.1. The number of nitrogens with one attached hydrogen (secondary N) is 2. The molecule has 0 aromatic heterocycles. The molecule has 0 radical (unpaired) electrons. The summed E-state index contributed by atoms with van der Waals surface area (Å²) in [6, 6.07) is 20.5. The smallest absolute Gasteiger partial charge is 0.261 e. The highest BCUT2D eigenvalue weighted by Gasteiger charge is 2.15. The zero-order valence-electron chi connectivity index (χ0n) is 15.1. The number of hydrogen-bond donors (Lipinski definition) is 2. The minimum atomic E-state index is -3.70. The fourth-order valence-corrected chi connectivity index (χ4v) is 3.75. The lowest BCUT2D eigenvalue weighted by Crippen LogP contribution is -2.15. The molecule has 3 aromatic carbocycles. The van der Waals surface area contributed by atoms with Gasteiger partial charge in [-0.2, -0.15) is 0 Å². The number of carbonyl (C=O) groups is 1. The van der Waals surface area contributed by atoms with Gasteiger partial charge in [0.2, 0.25) is 0 Å². The maximum absolute atomic E-state index is 12.5. The SMILES string of the molecule is Cc1cccc(C(=O)Nc2ccc(C)c(NS(=O)(=O)c3ccccc3)c2)c1. The summed E-state index contributed by atoms with van der Waals surface area (Å²) in [7, 11) is -3.70. The third kappa shape index (κ3) is 4.54. The molecular formula is C21H20N2O3S. The van der Waals surface area contributed by atoms with Crippen molar-refractivity contribution in [2.45, 2.75) is 18.7 Å². The fourth-order valence-electron chi connectivity index (χ4n) is 2.60. The molecule has 0 saturated carbocycles. The van der Waals surface area contributed by atoms with Crippen LogP contribution in [0.2, 0.25) is 0 Å². The predicted molar refractivity (Wildman–Crippen MR) is 108 cm³/mol. The van der Waals surface area contributed by atoms with Gasteiger partial charge in [-0.15, -0.1) is 0 Å². The molecule has 0 heterocycles. The predicted octanol–water partition coefficient (Wildman–Crippen LogP) is 4.36. The molecule has 5 nitrogen and oxygen atoms in total. The monoisotopic (exact) mass is 380 g/mol. The van der Waals surface area contributed by atoms with Crippen molar-refractivity contribution in [2.75, 3.05) is 10.0 Å². The lowest BCUT2D eigenvalue weighted by molar-refractivity contribution is 0.102. The Balaban J connectivity index is 1.83. The molecule has 0 unspecified atom stereocenters. The molecule has 138 valence electrons. The van der Waals surface area contributed by atoms with Crippen molar-refractivity contribution in [1.82, 2.24) is 0 Å². The first-order valence-corrected chi connectivity index (χ1v) is 9.90. The summed E-state index contributed by atoms with van der Waals surface area (Å²) < 4.78 is 27.7. The van der Waals surface area contributed by atoms with Crippen molar-refractivity contribution in [1.29, 1.82) is 0 Å². The van der Waals surface area contributed by atoms with Gasteiger partial charge in [0.05, 0.1) is 10.6 Å². The van der Waals surface area contributed by atoms with E-state index in [2.05, 4.69) is 10.0 Å². The average Bonchev–Trinajstić information content (AvgIpc) is 2.65. The molecule has 0 spiro atoms. The molecule has 0 aliphatic rings. The number of benzene rings is 3. The van der Waals surface area contributed by atoms with Gasteiger partial charge in [-0.25, -0.2) is 8.42 Å². The second-order valence-electron chi connectivity index (χ2n) is 6.27. The third-order valence-corrected chi connectivity index (χ3v) is 5.45. The molecule has 0 fully saturated rings.